The molecule has 2 aliphatic rings. The maximum absolute atomic E-state index is 11.0. The molecule has 2 unspecified atom stereocenters. The van der Waals surface area contributed by atoms with Crippen molar-refractivity contribution in [3.63, 3.8) is 0 Å². The molecular formula is C20H14ClN3O4. The minimum absolute atomic E-state index is 0.0319. The van der Waals surface area contributed by atoms with E-state index in [9.17, 15) is 10.1 Å². The summed E-state index contributed by atoms with van der Waals surface area (Å²) in [6, 6.07) is 15.5. The van der Waals surface area contributed by atoms with E-state index < -0.39 is 11.2 Å². The summed E-state index contributed by atoms with van der Waals surface area (Å²) in [5.74, 6) is 1.44. The summed E-state index contributed by atoms with van der Waals surface area (Å²) in [4.78, 5) is 10.5. The second kappa shape index (κ2) is 6.38. The largest absolute Gasteiger partial charge is 0.464 e. The number of hydrogen-bond acceptors (Lipinski definition) is 6. The molecule has 0 amide bonds. The van der Waals surface area contributed by atoms with Crippen molar-refractivity contribution in [1.82, 2.24) is 5.01 Å². The fraction of sp³-hybridized carbons (Fsp3) is 0.150. The van der Waals surface area contributed by atoms with Crippen LogP contribution in [0.5, 0.6) is 5.75 Å². The van der Waals surface area contributed by atoms with Crippen molar-refractivity contribution < 1.29 is 14.1 Å². The SMILES string of the molecule is O=[N+]([O-])c1ccc(C2Oc3ccc(Cl)cc3C3CC(c4ccco4)=NN32)cc1. The molecule has 0 saturated heterocycles. The van der Waals surface area contributed by atoms with Gasteiger partial charge in [-0.05, 0) is 42.5 Å². The van der Waals surface area contributed by atoms with Gasteiger partial charge in [-0.2, -0.15) is 5.10 Å². The fourth-order valence-corrected chi connectivity index (χ4v) is 3.81. The number of rotatable bonds is 3. The number of benzene rings is 2. The lowest BCUT2D eigenvalue weighted by Crippen LogP contribution is -2.33. The second-order valence-corrected chi connectivity index (χ2v) is 7.06. The van der Waals surface area contributed by atoms with Gasteiger partial charge in [0.2, 0.25) is 6.23 Å². The highest BCUT2D eigenvalue weighted by molar-refractivity contribution is 6.30. The molecule has 7 nitrogen and oxygen atoms in total. The molecule has 3 heterocycles. The molecule has 5 rings (SSSR count). The lowest BCUT2D eigenvalue weighted by molar-refractivity contribution is -0.384. The van der Waals surface area contributed by atoms with Crippen molar-refractivity contribution in [3.05, 3.63) is 92.9 Å². The zero-order valence-electron chi connectivity index (χ0n) is 14.5. The minimum atomic E-state index is -0.507. The standard InChI is InChI=1S/C20H14ClN3O4/c21-13-5-8-18-15(10-13)17-11-16(19-2-1-9-27-19)22-23(17)20(28-18)12-3-6-14(7-4-12)24(25)26/h1-10,17,20H,11H2. The Balaban J connectivity index is 1.58. The smallest absolute Gasteiger partial charge is 0.269 e. The summed E-state index contributed by atoms with van der Waals surface area (Å²) in [6.45, 7) is 0. The highest BCUT2D eigenvalue weighted by Crippen LogP contribution is 2.48. The monoisotopic (exact) mass is 395 g/mol. The molecule has 0 spiro atoms. The van der Waals surface area contributed by atoms with E-state index in [1.807, 2.05) is 29.3 Å². The number of fused-ring (bicyclic) bond motifs is 3. The first-order valence-electron chi connectivity index (χ1n) is 8.70. The average Bonchev–Trinajstić information content (AvgIpc) is 3.37. The van der Waals surface area contributed by atoms with Gasteiger partial charge in [0.25, 0.3) is 5.69 Å². The summed E-state index contributed by atoms with van der Waals surface area (Å²) in [5, 5.41) is 18.2. The van der Waals surface area contributed by atoms with E-state index in [4.69, 9.17) is 25.9 Å². The summed E-state index contributed by atoms with van der Waals surface area (Å²) in [5.41, 5.74) is 2.58. The van der Waals surface area contributed by atoms with E-state index >= 15 is 0 Å². The molecule has 2 aliphatic heterocycles. The third-order valence-electron chi connectivity index (χ3n) is 4.95. The number of hydrazone groups is 1. The van der Waals surface area contributed by atoms with Crippen LogP contribution < -0.4 is 4.74 Å². The van der Waals surface area contributed by atoms with Crippen LogP contribution in [0.1, 0.15) is 35.6 Å². The first-order chi connectivity index (χ1) is 13.6. The van der Waals surface area contributed by atoms with Crippen molar-refractivity contribution in [2.45, 2.75) is 18.7 Å². The van der Waals surface area contributed by atoms with E-state index in [1.54, 1.807) is 24.5 Å². The number of halogens is 1. The highest BCUT2D eigenvalue weighted by Gasteiger charge is 2.41. The van der Waals surface area contributed by atoms with Gasteiger partial charge in [-0.3, -0.25) is 10.1 Å². The predicted octanol–water partition coefficient (Wildman–Crippen LogP) is 5.08. The Morgan fingerprint density at radius 1 is 1.18 bits per heavy atom. The van der Waals surface area contributed by atoms with Gasteiger partial charge in [-0.25, -0.2) is 5.01 Å². The normalized spacial score (nSPS) is 20.2. The van der Waals surface area contributed by atoms with Gasteiger partial charge in [-0.15, -0.1) is 0 Å². The number of non-ortho nitro benzene ring substituents is 1. The predicted molar refractivity (Wildman–Crippen MR) is 102 cm³/mol. The van der Waals surface area contributed by atoms with Crippen LogP contribution >= 0.6 is 11.6 Å². The molecule has 140 valence electrons. The third kappa shape index (κ3) is 2.71. The zero-order chi connectivity index (χ0) is 19.3. The van der Waals surface area contributed by atoms with Gasteiger partial charge in [0, 0.05) is 34.7 Å². The molecule has 2 atom stereocenters. The van der Waals surface area contributed by atoms with Crippen molar-refractivity contribution in [3.8, 4) is 5.75 Å². The fourth-order valence-electron chi connectivity index (χ4n) is 3.63. The molecule has 0 bridgehead atoms. The highest BCUT2D eigenvalue weighted by atomic mass is 35.5. The lowest BCUT2D eigenvalue weighted by atomic mass is 9.97. The molecular weight excluding hydrogens is 382 g/mol. The van der Waals surface area contributed by atoms with Gasteiger partial charge in [0.15, 0.2) is 0 Å². The van der Waals surface area contributed by atoms with E-state index in [0.717, 1.165) is 22.6 Å². The number of ether oxygens (including phenoxy) is 1. The summed E-state index contributed by atoms with van der Waals surface area (Å²) in [7, 11) is 0. The Hall–Kier alpha value is -3.32. The summed E-state index contributed by atoms with van der Waals surface area (Å²) < 4.78 is 11.7. The van der Waals surface area contributed by atoms with Gasteiger partial charge < -0.3 is 9.15 Å². The Kier molecular flexibility index (Phi) is 3.84. The van der Waals surface area contributed by atoms with E-state index in [2.05, 4.69) is 0 Å². The minimum Gasteiger partial charge on any atom is -0.464 e. The Bertz CT molecular complexity index is 1080. The Morgan fingerprint density at radius 3 is 2.71 bits per heavy atom. The van der Waals surface area contributed by atoms with Crippen LogP contribution in [0.3, 0.4) is 0 Å². The van der Waals surface area contributed by atoms with Gasteiger partial charge in [-0.1, -0.05) is 11.6 Å². The molecule has 0 aliphatic carbocycles. The van der Waals surface area contributed by atoms with Crippen LogP contribution in [-0.2, 0) is 0 Å². The van der Waals surface area contributed by atoms with Crippen LogP contribution in [0.15, 0.2) is 70.4 Å². The second-order valence-electron chi connectivity index (χ2n) is 6.62. The van der Waals surface area contributed by atoms with Crippen LogP contribution in [-0.4, -0.2) is 15.6 Å². The Labute approximate surface area is 164 Å². The van der Waals surface area contributed by atoms with E-state index in [1.165, 1.54) is 12.1 Å². The number of hydrogen-bond donors (Lipinski definition) is 0. The molecule has 0 radical (unpaired) electrons. The zero-order valence-corrected chi connectivity index (χ0v) is 15.2. The van der Waals surface area contributed by atoms with Gasteiger partial charge in [0.1, 0.15) is 17.2 Å². The number of nitrogens with zero attached hydrogens (tertiary/aromatic N) is 3. The summed E-state index contributed by atoms with van der Waals surface area (Å²) >= 11 is 6.21. The Morgan fingerprint density at radius 2 is 2.00 bits per heavy atom. The molecule has 8 heteroatoms. The third-order valence-corrected chi connectivity index (χ3v) is 5.18. The maximum atomic E-state index is 11.0. The average molecular weight is 396 g/mol. The summed E-state index contributed by atoms with van der Waals surface area (Å²) in [6.07, 6.45) is 1.75. The first kappa shape index (κ1) is 16.8. The molecule has 28 heavy (non-hydrogen) atoms. The quantitative estimate of drug-likeness (QED) is 0.456. The van der Waals surface area contributed by atoms with Crippen LogP contribution in [0.2, 0.25) is 5.02 Å². The van der Waals surface area contributed by atoms with Crippen molar-refractivity contribution >= 4 is 23.0 Å². The number of nitro benzene ring substituents is 1. The van der Waals surface area contributed by atoms with Gasteiger partial charge in [0.05, 0.1) is 17.2 Å². The lowest BCUT2D eigenvalue weighted by Gasteiger charge is -2.38. The molecule has 1 aromatic heterocycles. The van der Waals surface area contributed by atoms with Gasteiger partial charge >= 0.3 is 0 Å². The van der Waals surface area contributed by atoms with E-state index in [0.29, 0.717) is 17.2 Å². The first-order valence-corrected chi connectivity index (χ1v) is 9.08. The molecule has 0 N–H and O–H groups in total. The van der Waals surface area contributed by atoms with Crippen molar-refractivity contribution in [1.29, 1.82) is 0 Å². The molecule has 2 aromatic carbocycles. The topological polar surface area (TPSA) is 81.1 Å². The van der Waals surface area contributed by atoms with Crippen molar-refractivity contribution in [2.75, 3.05) is 0 Å². The molecule has 0 saturated carbocycles. The van der Waals surface area contributed by atoms with Crippen molar-refractivity contribution in [2.24, 2.45) is 5.10 Å². The van der Waals surface area contributed by atoms with Crippen LogP contribution in [0.4, 0.5) is 5.69 Å². The van der Waals surface area contributed by atoms with Crippen LogP contribution in [0, 0.1) is 10.1 Å². The maximum Gasteiger partial charge on any atom is 0.269 e. The number of nitro groups is 1. The molecule has 3 aromatic rings. The molecule has 0 fully saturated rings. The van der Waals surface area contributed by atoms with E-state index in [-0.39, 0.29) is 11.7 Å². The number of furan rings is 1. The van der Waals surface area contributed by atoms with Crippen LogP contribution in [0.25, 0.3) is 0 Å².